The minimum absolute atomic E-state index is 0.418. The lowest BCUT2D eigenvalue weighted by atomic mass is 10.2. The predicted octanol–water partition coefficient (Wildman–Crippen LogP) is 2.25. The Hall–Kier alpha value is -1.20. The van der Waals surface area contributed by atoms with Crippen LogP contribution >= 0.6 is 11.3 Å². The van der Waals surface area contributed by atoms with Crippen molar-refractivity contribution in [1.29, 1.82) is 0 Å². The number of aromatic nitrogens is 2. The molecule has 2 aromatic heterocycles. The van der Waals surface area contributed by atoms with E-state index in [1.54, 1.807) is 17.7 Å². The molecule has 2 heterocycles. The Labute approximate surface area is 105 Å². The first kappa shape index (κ1) is 12.3. The van der Waals surface area contributed by atoms with E-state index >= 15 is 0 Å². The highest BCUT2D eigenvalue weighted by atomic mass is 32.1. The van der Waals surface area contributed by atoms with Crippen LogP contribution in [0.15, 0.2) is 17.8 Å². The molecule has 0 saturated carbocycles. The second-order valence-corrected chi connectivity index (χ2v) is 5.18. The molecule has 0 saturated heterocycles. The van der Waals surface area contributed by atoms with Gasteiger partial charge in [-0.15, -0.1) is 11.3 Å². The number of nitrogens with zero attached hydrogens (tertiary/aromatic N) is 3. The predicted molar refractivity (Wildman–Crippen MR) is 73.6 cm³/mol. The van der Waals surface area contributed by atoms with Crippen LogP contribution in [0.3, 0.4) is 0 Å². The summed E-state index contributed by atoms with van der Waals surface area (Å²) in [6.07, 6.45) is 2.62. The summed E-state index contributed by atoms with van der Waals surface area (Å²) in [5.41, 5.74) is 6.62. The van der Waals surface area contributed by atoms with Gasteiger partial charge in [0, 0.05) is 12.6 Å². The van der Waals surface area contributed by atoms with Gasteiger partial charge in [0.05, 0.1) is 10.2 Å². The molecule has 0 unspecified atom stereocenters. The Kier molecular flexibility index (Phi) is 3.91. The molecule has 0 fully saturated rings. The zero-order valence-corrected chi connectivity index (χ0v) is 11.1. The molecule has 0 aliphatic rings. The van der Waals surface area contributed by atoms with Crippen LogP contribution in [0.2, 0.25) is 0 Å². The standard InChI is InChI=1S/C12H18N4S/c1-9(2)16(6-3-5-13)12-11-10(4-7-17-11)14-8-15-12/h4,7-9H,3,5-6,13H2,1-2H3. The van der Waals surface area contributed by atoms with Gasteiger partial charge in [-0.2, -0.15) is 0 Å². The van der Waals surface area contributed by atoms with E-state index in [0.717, 1.165) is 24.3 Å². The Morgan fingerprint density at radius 2 is 2.24 bits per heavy atom. The van der Waals surface area contributed by atoms with Crippen molar-refractivity contribution in [3.8, 4) is 0 Å². The van der Waals surface area contributed by atoms with E-state index in [2.05, 4.69) is 34.1 Å². The van der Waals surface area contributed by atoms with E-state index in [1.165, 1.54) is 4.70 Å². The molecular weight excluding hydrogens is 232 g/mol. The summed E-state index contributed by atoms with van der Waals surface area (Å²) < 4.78 is 1.17. The lowest BCUT2D eigenvalue weighted by Crippen LogP contribution is -2.33. The van der Waals surface area contributed by atoms with Crippen LogP contribution in [0.5, 0.6) is 0 Å². The van der Waals surface area contributed by atoms with Crippen LogP contribution in [0.4, 0.5) is 5.82 Å². The van der Waals surface area contributed by atoms with Crippen LogP contribution in [-0.4, -0.2) is 29.1 Å². The summed E-state index contributed by atoms with van der Waals surface area (Å²) in [4.78, 5) is 11.0. The second kappa shape index (κ2) is 5.42. The molecular formula is C12H18N4S. The maximum Gasteiger partial charge on any atom is 0.150 e. The van der Waals surface area contributed by atoms with Crippen LogP contribution < -0.4 is 10.6 Å². The molecule has 0 spiro atoms. The third kappa shape index (κ3) is 2.56. The number of hydrogen-bond acceptors (Lipinski definition) is 5. The summed E-state index contributed by atoms with van der Waals surface area (Å²) in [6, 6.07) is 2.45. The molecule has 0 aromatic carbocycles. The van der Waals surface area contributed by atoms with E-state index in [1.807, 2.05) is 6.07 Å². The van der Waals surface area contributed by atoms with Gasteiger partial charge in [0.1, 0.15) is 12.1 Å². The number of rotatable bonds is 5. The fourth-order valence-electron chi connectivity index (χ4n) is 1.85. The number of hydrogen-bond donors (Lipinski definition) is 1. The van der Waals surface area contributed by atoms with Crippen molar-refractivity contribution in [1.82, 2.24) is 9.97 Å². The average molecular weight is 250 g/mol. The Morgan fingerprint density at radius 1 is 1.41 bits per heavy atom. The molecule has 2 aromatic rings. The molecule has 17 heavy (non-hydrogen) atoms. The van der Waals surface area contributed by atoms with Gasteiger partial charge in [0.25, 0.3) is 0 Å². The molecule has 0 bridgehead atoms. The summed E-state index contributed by atoms with van der Waals surface area (Å²) in [5, 5.41) is 2.06. The largest absolute Gasteiger partial charge is 0.353 e. The molecule has 0 aliphatic heterocycles. The molecule has 5 heteroatoms. The third-order valence-corrected chi connectivity index (χ3v) is 3.62. The summed E-state index contributed by atoms with van der Waals surface area (Å²) in [6.45, 7) is 6.01. The van der Waals surface area contributed by atoms with Crippen LogP contribution in [0.1, 0.15) is 20.3 Å². The van der Waals surface area contributed by atoms with E-state index in [-0.39, 0.29) is 0 Å². The van der Waals surface area contributed by atoms with Crippen LogP contribution in [0, 0.1) is 0 Å². The van der Waals surface area contributed by atoms with Crippen molar-refractivity contribution in [3.05, 3.63) is 17.8 Å². The summed E-state index contributed by atoms with van der Waals surface area (Å²) >= 11 is 1.70. The number of thiophene rings is 1. The van der Waals surface area contributed by atoms with E-state index in [9.17, 15) is 0 Å². The average Bonchev–Trinajstić information content (AvgIpc) is 2.77. The highest BCUT2D eigenvalue weighted by Crippen LogP contribution is 2.28. The van der Waals surface area contributed by atoms with Crippen molar-refractivity contribution in [2.45, 2.75) is 26.3 Å². The first-order valence-corrected chi connectivity index (χ1v) is 6.77. The van der Waals surface area contributed by atoms with Crippen molar-refractivity contribution in [3.63, 3.8) is 0 Å². The Bertz CT molecular complexity index is 480. The van der Waals surface area contributed by atoms with Crippen molar-refractivity contribution in [2.75, 3.05) is 18.0 Å². The molecule has 2 N–H and O–H groups in total. The highest BCUT2D eigenvalue weighted by molar-refractivity contribution is 7.17. The van der Waals surface area contributed by atoms with E-state index in [4.69, 9.17) is 5.73 Å². The molecule has 0 amide bonds. The Balaban J connectivity index is 2.37. The first-order valence-electron chi connectivity index (χ1n) is 5.89. The van der Waals surface area contributed by atoms with Gasteiger partial charge in [-0.25, -0.2) is 9.97 Å². The SMILES string of the molecule is CC(C)N(CCCN)c1ncnc2ccsc12. The number of anilines is 1. The first-order chi connectivity index (χ1) is 8.24. The van der Waals surface area contributed by atoms with Gasteiger partial charge in [0.2, 0.25) is 0 Å². The van der Waals surface area contributed by atoms with E-state index in [0.29, 0.717) is 12.6 Å². The van der Waals surface area contributed by atoms with Gasteiger partial charge < -0.3 is 10.6 Å². The molecule has 0 radical (unpaired) electrons. The lowest BCUT2D eigenvalue weighted by molar-refractivity contribution is 0.651. The van der Waals surface area contributed by atoms with Crippen molar-refractivity contribution in [2.24, 2.45) is 5.73 Å². The van der Waals surface area contributed by atoms with Crippen LogP contribution in [-0.2, 0) is 0 Å². The maximum absolute atomic E-state index is 5.59. The summed E-state index contributed by atoms with van der Waals surface area (Å²) in [5.74, 6) is 1.04. The molecule has 0 atom stereocenters. The van der Waals surface area contributed by atoms with Crippen molar-refractivity contribution < 1.29 is 0 Å². The quantitative estimate of drug-likeness (QED) is 0.884. The number of nitrogens with two attached hydrogens (primary N) is 1. The fourth-order valence-corrected chi connectivity index (χ4v) is 2.70. The van der Waals surface area contributed by atoms with E-state index < -0.39 is 0 Å². The number of fused-ring (bicyclic) bond motifs is 1. The zero-order valence-electron chi connectivity index (χ0n) is 10.3. The van der Waals surface area contributed by atoms with Gasteiger partial charge >= 0.3 is 0 Å². The van der Waals surface area contributed by atoms with Crippen LogP contribution in [0.25, 0.3) is 10.2 Å². The molecule has 4 nitrogen and oxygen atoms in total. The minimum Gasteiger partial charge on any atom is -0.353 e. The fraction of sp³-hybridized carbons (Fsp3) is 0.500. The van der Waals surface area contributed by atoms with Gasteiger partial charge in [-0.05, 0) is 38.3 Å². The van der Waals surface area contributed by atoms with Gasteiger partial charge in [-0.3, -0.25) is 0 Å². The highest BCUT2D eigenvalue weighted by Gasteiger charge is 2.15. The van der Waals surface area contributed by atoms with Crippen molar-refractivity contribution >= 4 is 27.4 Å². The topological polar surface area (TPSA) is 55.0 Å². The summed E-state index contributed by atoms with van der Waals surface area (Å²) in [7, 11) is 0. The van der Waals surface area contributed by atoms with Gasteiger partial charge in [0.15, 0.2) is 0 Å². The Morgan fingerprint density at radius 3 is 2.94 bits per heavy atom. The van der Waals surface area contributed by atoms with Gasteiger partial charge in [-0.1, -0.05) is 0 Å². The molecule has 2 rings (SSSR count). The monoisotopic (exact) mass is 250 g/mol. The normalized spacial score (nSPS) is 11.3. The molecule has 0 aliphatic carbocycles. The third-order valence-electron chi connectivity index (χ3n) is 2.72. The minimum atomic E-state index is 0.418. The smallest absolute Gasteiger partial charge is 0.150 e. The second-order valence-electron chi connectivity index (χ2n) is 4.26. The zero-order chi connectivity index (χ0) is 12.3. The molecule has 92 valence electrons. The lowest BCUT2D eigenvalue weighted by Gasteiger charge is -2.27. The maximum atomic E-state index is 5.59.